The maximum Gasteiger partial charge on any atom is 0.227 e. The molecule has 3 aromatic rings. The summed E-state index contributed by atoms with van der Waals surface area (Å²) in [5.74, 6) is -0.245. The Morgan fingerprint density at radius 3 is 2.37 bits per heavy atom. The van der Waals surface area contributed by atoms with Crippen LogP contribution in [0.5, 0.6) is 0 Å². The van der Waals surface area contributed by atoms with Crippen LogP contribution in [-0.2, 0) is 27.6 Å². The van der Waals surface area contributed by atoms with E-state index in [2.05, 4.69) is 0 Å². The third-order valence-corrected chi connectivity index (χ3v) is 6.87. The van der Waals surface area contributed by atoms with Gasteiger partial charge in [-0.2, -0.15) is 0 Å². The van der Waals surface area contributed by atoms with E-state index in [0.29, 0.717) is 5.02 Å². The highest BCUT2D eigenvalue weighted by Crippen LogP contribution is 2.23. The molecule has 2 aromatic carbocycles. The van der Waals surface area contributed by atoms with E-state index in [1.54, 1.807) is 17.0 Å². The topological polar surface area (TPSA) is 59.4 Å². The second-order valence-electron chi connectivity index (χ2n) is 7.27. The molecule has 1 aromatic heterocycles. The normalized spacial score (nSPS) is 17.2. The van der Waals surface area contributed by atoms with Gasteiger partial charge in [0.2, 0.25) is 5.91 Å². The molecule has 0 aliphatic carbocycles. The number of amides is 1. The predicted octanol–water partition coefficient (Wildman–Crippen LogP) is 4.01. The van der Waals surface area contributed by atoms with Crippen LogP contribution in [-0.4, -0.2) is 35.6 Å². The fourth-order valence-electron chi connectivity index (χ4n) is 3.52. The highest BCUT2D eigenvalue weighted by Gasteiger charge is 2.30. The lowest BCUT2D eigenvalue weighted by Crippen LogP contribution is -2.41. The Bertz CT molecular complexity index is 1170. The van der Waals surface area contributed by atoms with Crippen LogP contribution < -0.4 is 0 Å². The molecule has 0 saturated carbocycles. The van der Waals surface area contributed by atoms with Crippen molar-refractivity contribution in [2.45, 2.75) is 19.0 Å². The van der Waals surface area contributed by atoms with E-state index >= 15 is 0 Å². The zero-order valence-electron chi connectivity index (χ0n) is 16.2. The van der Waals surface area contributed by atoms with E-state index in [4.69, 9.17) is 11.6 Å². The Labute approximate surface area is 181 Å². The van der Waals surface area contributed by atoms with Gasteiger partial charge in [0, 0.05) is 35.1 Å². The van der Waals surface area contributed by atoms with Crippen LogP contribution in [0.15, 0.2) is 84.5 Å². The van der Waals surface area contributed by atoms with E-state index in [9.17, 15) is 13.2 Å². The molecule has 0 N–H and O–H groups in total. The van der Waals surface area contributed by atoms with Crippen molar-refractivity contribution in [3.8, 4) is 5.69 Å². The lowest BCUT2D eigenvalue weighted by atomic mass is 10.1. The lowest BCUT2D eigenvalue weighted by Gasteiger charge is -2.28. The molecule has 1 unspecified atom stereocenters. The average molecular weight is 441 g/mol. The molecule has 30 heavy (non-hydrogen) atoms. The molecular formula is C23H21ClN2O3S. The zero-order chi connectivity index (χ0) is 21.1. The van der Waals surface area contributed by atoms with Crippen molar-refractivity contribution < 1.29 is 13.2 Å². The second-order valence-corrected chi connectivity index (χ2v) is 9.61. The largest absolute Gasteiger partial charge is 0.331 e. The van der Waals surface area contributed by atoms with Gasteiger partial charge >= 0.3 is 0 Å². The predicted molar refractivity (Wildman–Crippen MR) is 118 cm³/mol. The Morgan fingerprint density at radius 1 is 1.03 bits per heavy atom. The fraction of sp³-hybridized carbons (Fsp3) is 0.174. The number of carbonyl (C=O) groups excluding carboxylic acids is 1. The van der Waals surface area contributed by atoms with E-state index in [1.165, 1.54) is 5.41 Å². The van der Waals surface area contributed by atoms with Gasteiger partial charge in [-0.3, -0.25) is 4.79 Å². The lowest BCUT2D eigenvalue weighted by molar-refractivity contribution is -0.132. The molecule has 1 aliphatic rings. The minimum absolute atomic E-state index is 0.101. The summed E-state index contributed by atoms with van der Waals surface area (Å²) < 4.78 is 25.9. The van der Waals surface area contributed by atoms with Crippen LogP contribution in [0.1, 0.15) is 11.1 Å². The molecule has 154 valence electrons. The van der Waals surface area contributed by atoms with Gasteiger partial charge in [0.1, 0.15) is 0 Å². The summed E-state index contributed by atoms with van der Waals surface area (Å²) in [6.45, 7) is 0.254. The quantitative estimate of drug-likeness (QED) is 0.581. The molecule has 1 amide bonds. The Kier molecular flexibility index (Phi) is 5.79. The number of aromatic nitrogens is 1. The summed E-state index contributed by atoms with van der Waals surface area (Å²) in [7, 11) is -3.29. The van der Waals surface area contributed by atoms with Crippen molar-refractivity contribution in [3.63, 3.8) is 0 Å². The van der Waals surface area contributed by atoms with Crippen molar-refractivity contribution in [1.29, 1.82) is 0 Å². The summed E-state index contributed by atoms with van der Waals surface area (Å²) in [4.78, 5) is 14.8. The number of rotatable bonds is 6. The van der Waals surface area contributed by atoms with Crippen LogP contribution in [0.2, 0.25) is 5.02 Å². The third-order valence-electron chi connectivity index (χ3n) is 5.12. The monoisotopic (exact) mass is 440 g/mol. The number of benzene rings is 2. The smallest absolute Gasteiger partial charge is 0.227 e. The van der Waals surface area contributed by atoms with Crippen LogP contribution in [0.4, 0.5) is 0 Å². The summed E-state index contributed by atoms with van der Waals surface area (Å²) in [5, 5.41) is 1.74. The fourth-order valence-corrected chi connectivity index (χ4v) is 5.02. The van der Waals surface area contributed by atoms with E-state index in [1.807, 2.05) is 71.6 Å². The van der Waals surface area contributed by atoms with Gasteiger partial charge in [0.05, 0.1) is 18.2 Å². The molecule has 0 fully saturated rings. The third kappa shape index (κ3) is 4.66. The minimum Gasteiger partial charge on any atom is -0.331 e. The van der Waals surface area contributed by atoms with Crippen molar-refractivity contribution in [2.75, 3.05) is 5.75 Å². The van der Waals surface area contributed by atoms with Gasteiger partial charge in [-0.15, -0.1) is 0 Å². The molecule has 1 aliphatic heterocycles. The van der Waals surface area contributed by atoms with Crippen molar-refractivity contribution >= 4 is 27.3 Å². The molecule has 5 nitrogen and oxygen atoms in total. The first kappa shape index (κ1) is 20.4. The molecule has 0 saturated heterocycles. The standard InChI is InChI=1S/C23H21ClN2O3S/c24-22-6-2-1-5-19(22)16-26(21-11-14-30(28,29)17-21)23(27)15-18-7-9-20(10-8-18)25-12-3-4-13-25/h1-14,21H,15-17H2. The maximum absolute atomic E-state index is 13.2. The first-order valence-corrected chi connectivity index (χ1v) is 11.7. The summed E-state index contributed by atoms with van der Waals surface area (Å²) in [5.41, 5.74) is 2.66. The van der Waals surface area contributed by atoms with Crippen LogP contribution >= 0.6 is 11.6 Å². The summed E-state index contributed by atoms with van der Waals surface area (Å²) in [6, 6.07) is 18.4. The van der Waals surface area contributed by atoms with Crippen molar-refractivity contribution in [3.05, 3.63) is 101 Å². The van der Waals surface area contributed by atoms with Crippen LogP contribution in [0.25, 0.3) is 5.69 Å². The highest BCUT2D eigenvalue weighted by atomic mass is 35.5. The SMILES string of the molecule is O=C(Cc1ccc(-n2cccc2)cc1)N(Cc1ccccc1Cl)C1C=CS(=O)(=O)C1. The highest BCUT2D eigenvalue weighted by molar-refractivity contribution is 7.94. The second kappa shape index (κ2) is 8.50. The molecule has 2 heterocycles. The van der Waals surface area contributed by atoms with Gasteiger partial charge in [0.15, 0.2) is 9.84 Å². The number of halogens is 1. The summed E-state index contributed by atoms with van der Waals surface area (Å²) >= 11 is 6.29. The Morgan fingerprint density at radius 2 is 1.73 bits per heavy atom. The van der Waals surface area contributed by atoms with Crippen LogP contribution in [0, 0.1) is 0 Å². The first-order chi connectivity index (χ1) is 14.4. The number of nitrogens with zero attached hydrogens (tertiary/aromatic N) is 2. The number of carbonyl (C=O) groups is 1. The molecule has 7 heteroatoms. The Hall–Kier alpha value is -2.83. The number of hydrogen-bond donors (Lipinski definition) is 0. The van der Waals surface area contributed by atoms with E-state index < -0.39 is 15.9 Å². The van der Waals surface area contributed by atoms with E-state index in [-0.39, 0.29) is 24.6 Å². The zero-order valence-corrected chi connectivity index (χ0v) is 17.8. The molecule has 4 rings (SSSR count). The molecule has 0 bridgehead atoms. The molecule has 0 radical (unpaired) electrons. The van der Waals surface area contributed by atoms with Gasteiger partial charge in [0.25, 0.3) is 0 Å². The molecular weight excluding hydrogens is 420 g/mol. The van der Waals surface area contributed by atoms with Crippen LogP contribution in [0.3, 0.4) is 0 Å². The Balaban J connectivity index is 1.54. The maximum atomic E-state index is 13.2. The van der Waals surface area contributed by atoms with Gasteiger partial charge in [-0.25, -0.2) is 8.42 Å². The number of hydrogen-bond acceptors (Lipinski definition) is 3. The number of sulfone groups is 1. The van der Waals surface area contributed by atoms with Crippen molar-refractivity contribution in [2.24, 2.45) is 0 Å². The molecule has 0 spiro atoms. The van der Waals surface area contributed by atoms with E-state index in [0.717, 1.165) is 16.8 Å². The van der Waals surface area contributed by atoms with Crippen molar-refractivity contribution in [1.82, 2.24) is 9.47 Å². The van der Waals surface area contributed by atoms with Gasteiger partial charge in [-0.1, -0.05) is 41.9 Å². The average Bonchev–Trinajstić information content (AvgIpc) is 3.37. The minimum atomic E-state index is -3.29. The van der Waals surface area contributed by atoms with Gasteiger partial charge in [-0.05, 0) is 47.5 Å². The van der Waals surface area contributed by atoms with Gasteiger partial charge < -0.3 is 9.47 Å². The molecule has 1 atom stereocenters. The first-order valence-electron chi connectivity index (χ1n) is 9.57. The summed E-state index contributed by atoms with van der Waals surface area (Å²) in [6.07, 6.45) is 5.68.